The van der Waals surface area contributed by atoms with E-state index in [2.05, 4.69) is 0 Å². The van der Waals surface area contributed by atoms with Crippen LogP contribution in [0.1, 0.15) is 57.9 Å². The van der Waals surface area contributed by atoms with Crippen LogP contribution in [0.25, 0.3) is 0 Å². The van der Waals surface area contributed by atoms with E-state index in [0.717, 1.165) is 37.9 Å². The largest absolute Gasteiger partial charge is 0.391 e. The van der Waals surface area contributed by atoms with E-state index in [0.29, 0.717) is 25.7 Å². The number of alkyl halides is 1. The molecule has 1 aliphatic rings. The molecule has 1 amide bonds. The van der Waals surface area contributed by atoms with Gasteiger partial charge in [-0.25, -0.2) is 4.39 Å². The van der Waals surface area contributed by atoms with Crippen LogP contribution in [0.3, 0.4) is 0 Å². The van der Waals surface area contributed by atoms with Crippen LogP contribution >= 0.6 is 0 Å². The van der Waals surface area contributed by atoms with E-state index in [1.54, 1.807) is 0 Å². The fourth-order valence-corrected chi connectivity index (χ4v) is 3.72. The van der Waals surface area contributed by atoms with Gasteiger partial charge in [0.25, 0.3) is 0 Å². The molecule has 0 aromatic heterocycles. The molecule has 0 spiro atoms. The van der Waals surface area contributed by atoms with Crippen molar-refractivity contribution >= 4 is 5.91 Å². The van der Waals surface area contributed by atoms with Crippen LogP contribution in [0.2, 0.25) is 0 Å². The van der Waals surface area contributed by atoms with Crippen molar-refractivity contribution in [2.45, 2.75) is 76.6 Å². The number of nitrogens with zero attached hydrogens (tertiary/aromatic N) is 1. The lowest BCUT2D eigenvalue weighted by molar-refractivity contribution is -0.138. The van der Waals surface area contributed by atoms with Crippen LogP contribution in [0.15, 0.2) is 30.3 Å². The van der Waals surface area contributed by atoms with Crippen LogP contribution in [-0.2, 0) is 11.2 Å². The average molecular weight is 379 g/mol. The van der Waals surface area contributed by atoms with Crippen molar-refractivity contribution in [2.75, 3.05) is 13.1 Å². The monoisotopic (exact) mass is 378 g/mol. The van der Waals surface area contributed by atoms with Gasteiger partial charge in [-0.15, -0.1) is 0 Å². The molecule has 3 atom stereocenters. The van der Waals surface area contributed by atoms with Gasteiger partial charge in [0.05, 0.1) is 6.10 Å². The third-order valence-corrected chi connectivity index (χ3v) is 5.44. The van der Waals surface area contributed by atoms with Gasteiger partial charge in [0.1, 0.15) is 5.67 Å². The smallest absolute Gasteiger partial charge is 0.225 e. The number of aliphatic hydroxyl groups excluding tert-OH is 1. The molecule has 1 saturated heterocycles. The van der Waals surface area contributed by atoms with Crippen molar-refractivity contribution in [3.05, 3.63) is 35.9 Å². The Morgan fingerprint density at radius 3 is 2.44 bits per heavy atom. The molecule has 152 valence electrons. The highest BCUT2D eigenvalue weighted by Crippen LogP contribution is 2.26. The maximum absolute atomic E-state index is 14.0. The van der Waals surface area contributed by atoms with Crippen molar-refractivity contribution in [3.8, 4) is 0 Å². The number of carbonyl (C=O) groups is 1. The first-order valence-electron chi connectivity index (χ1n) is 10.2. The molecule has 0 unspecified atom stereocenters. The van der Waals surface area contributed by atoms with Crippen LogP contribution in [0, 0.1) is 5.92 Å². The van der Waals surface area contributed by atoms with Crippen LogP contribution in [0.5, 0.6) is 0 Å². The van der Waals surface area contributed by atoms with E-state index < -0.39 is 17.8 Å². The van der Waals surface area contributed by atoms with Crippen molar-refractivity contribution in [3.63, 3.8) is 0 Å². The molecule has 0 saturated carbocycles. The molecule has 1 aliphatic heterocycles. The highest BCUT2D eigenvalue weighted by molar-refractivity contribution is 5.79. The maximum atomic E-state index is 14.0. The van der Waals surface area contributed by atoms with Gasteiger partial charge in [-0.3, -0.25) is 4.79 Å². The SMILES string of the molecule is CC(C)(F)CC[C@H](C[C@H](O)[C@@H](N)Cc1ccccc1)C(=O)N1CCCCC1. The van der Waals surface area contributed by atoms with Crippen molar-refractivity contribution in [2.24, 2.45) is 11.7 Å². The van der Waals surface area contributed by atoms with Gasteiger partial charge in [0.15, 0.2) is 0 Å². The van der Waals surface area contributed by atoms with E-state index in [1.807, 2.05) is 35.2 Å². The van der Waals surface area contributed by atoms with Crippen LogP contribution in [-0.4, -0.2) is 46.8 Å². The summed E-state index contributed by atoms with van der Waals surface area (Å²) >= 11 is 0. The fourth-order valence-electron chi connectivity index (χ4n) is 3.72. The number of nitrogens with two attached hydrogens (primary N) is 1. The molecule has 4 nitrogen and oxygen atoms in total. The second-order valence-corrected chi connectivity index (χ2v) is 8.50. The Morgan fingerprint density at radius 2 is 1.85 bits per heavy atom. The number of hydrogen-bond donors (Lipinski definition) is 2. The van der Waals surface area contributed by atoms with E-state index in [-0.39, 0.29) is 11.8 Å². The number of halogens is 1. The molecule has 27 heavy (non-hydrogen) atoms. The highest BCUT2D eigenvalue weighted by Gasteiger charge is 2.31. The summed E-state index contributed by atoms with van der Waals surface area (Å²) < 4.78 is 14.0. The third-order valence-electron chi connectivity index (χ3n) is 5.44. The topological polar surface area (TPSA) is 66.6 Å². The highest BCUT2D eigenvalue weighted by atomic mass is 19.1. The lowest BCUT2D eigenvalue weighted by Gasteiger charge is -2.32. The van der Waals surface area contributed by atoms with Gasteiger partial charge in [-0.05, 0) is 64.4 Å². The van der Waals surface area contributed by atoms with Crippen LogP contribution < -0.4 is 5.73 Å². The Kier molecular flexibility index (Phi) is 8.24. The number of hydrogen-bond acceptors (Lipinski definition) is 3. The number of aliphatic hydroxyl groups is 1. The first-order valence-corrected chi connectivity index (χ1v) is 10.2. The summed E-state index contributed by atoms with van der Waals surface area (Å²) in [5.41, 5.74) is 5.95. The Balaban J connectivity index is 1.99. The number of rotatable bonds is 9. The number of carbonyl (C=O) groups excluding carboxylic acids is 1. The molecule has 1 aromatic rings. The Bertz CT molecular complexity index is 567. The predicted molar refractivity (Wildman–Crippen MR) is 107 cm³/mol. The molecule has 0 radical (unpaired) electrons. The van der Waals surface area contributed by atoms with Crippen molar-refractivity contribution < 1.29 is 14.3 Å². The van der Waals surface area contributed by atoms with E-state index >= 15 is 0 Å². The second kappa shape index (κ2) is 10.2. The molecule has 1 fully saturated rings. The summed E-state index contributed by atoms with van der Waals surface area (Å²) in [4.78, 5) is 14.9. The van der Waals surface area contributed by atoms with E-state index in [9.17, 15) is 14.3 Å². The average Bonchev–Trinajstić information content (AvgIpc) is 2.65. The molecule has 0 aliphatic carbocycles. The normalized spacial score (nSPS) is 18.8. The second-order valence-electron chi connectivity index (χ2n) is 8.50. The lowest BCUT2D eigenvalue weighted by atomic mass is 9.87. The minimum atomic E-state index is -1.32. The Hall–Kier alpha value is -1.46. The standard InChI is InChI=1S/C22H35FN2O2/c1-22(2,23)12-11-18(21(27)25-13-7-4-8-14-25)16-20(26)19(24)15-17-9-5-3-6-10-17/h3,5-6,9-10,18-20,26H,4,7-8,11-16,24H2,1-2H3/t18-,19+,20+/m1/s1. The van der Waals surface area contributed by atoms with Crippen LogP contribution in [0.4, 0.5) is 4.39 Å². The van der Waals surface area contributed by atoms with Gasteiger partial charge in [0.2, 0.25) is 5.91 Å². The zero-order valence-corrected chi connectivity index (χ0v) is 16.7. The maximum Gasteiger partial charge on any atom is 0.225 e. The molecule has 3 N–H and O–H groups in total. The molecule has 5 heteroatoms. The van der Waals surface area contributed by atoms with Gasteiger partial charge >= 0.3 is 0 Å². The quantitative estimate of drug-likeness (QED) is 0.691. The van der Waals surface area contributed by atoms with Crippen molar-refractivity contribution in [1.29, 1.82) is 0 Å². The van der Waals surface area contributed by atoms with Gasteiger partial charge < -0.3 is 15.7 Å². The number of benzene rings is 1. The Labute approximate surface area is 162 Å². The zero-order chi connectivity index (χ0) is 19.9. The van der Waals surface area contributed by atoms with Gasteiger partial charge in [-0.2, -0.15) is 0 Å². The summed E-state index contributed by atoms with van der Waals surface area (Å²) in [5.74, 6) is -0.333. The minimum absolute atomic E-state index is 0.0462. The predicted octanol–water partition coefficient (Wildman–Crippen LogP) is 3.46. The molecule has 1 heterocycles. The summed E-state index contributed by atoms with van der Waals surface area (Å²) in [6.45, 7) is 4.60. The lowest BCUT2D eigenvalue weighted by Crippen LogP contribution is -2.44. The molecule has 1 aromatic carbocycles. The summed E-state index contributed by atoms with van der Waals surface area (Å²) in [6.07, 6.45) is 3.99. The fraction of sp³-hybridized carbons (Fsp3) is 0.682. The molecule has 2 rings (SSSR count). The summed E-state index contributed by atoms with van der Waals surface area (Å²) in [6, 6.07) is 9.35. The number of piperidine rings is 1. The first kappa shape index (κ1) is 21.8. The summed E-state index contributed by atoms with van der Waals surface area (Å²) in [7, 11) is 0. The molecular formula is C22H35FN2O2. The third kappa shape index (κ3) is 7.59. The van der Waals surface area contributed by atoms with Gasteiger partial charge in [-0.1, -0.05) is 30.3 Å². The first-order chi connectivity index (χ1) is 12.8. The van der Waals surface area contributed by atoms with E-state index in [1.165, 1.54) is 13.8 Å². The number of amides is 1. The number of likely N-dealkylation sites (tertiary alicyclic amines) is 1. The van der Waals surface area contributed by atoms with Crippen molar-refractivity contribution in [1.82, 2.24) is 4.90 Å². The summed E-state index contributed by atoms with van der Waals surface area (Å²) in [5, 5.41) is 10.6. The minimum Gasteiger partial charge on any atom is -0.391 e. The van der Waals surface area contributed by atoms with E-state index in [4.69, 9.17) is 5.73 Å². The van der Waals surface area contributed by atoms with Gasteiger partial charge in [0, 0.05) is 25.0 Å². The molecule has 0 bridgehead atoms. The molecular weight excluding hydrogens is 343 g/mol. The Morgan fingerprint density at radius 1 is 1.22 bits per heavy atom. The zero-order valence-electron chi connectivity index (χ0n) is 16.7.